The lowest BCUT2D eigenvalue weighted by atomic mass is 10.0. The molecular formula is C10H16N2O. The Morgan fingerprint density at radius 3 is 3.08 bits per heavy atom. The molecule has 0 bridgehead atoms. The molecule has 1 aliphatic heterocycles. The van der Waals surface area contributed by atoms with Crippen molar-refractivity contribution in [3.8, 4) is 0 Å². The molecule has 1 saturated heterocycles. The fraction of sp³-hybridized carbons (Fsp3) is 0.700. The highest BCUT2D eigenvalue weighted by molar-refractivity contribution is 5.27. The summed E-state index contributed by atoms with van der Waals surface area (Å²) in [6.07, 6.45) is 4.30. The molecule has 0 unspecified atom stereocenters. The molecule has 1 aromatic rings. The minimum Gasteiger partial charge on any atom is -0.432 e. The van der Waals surface area contributed by atoms with Gasteiger partial charge < -0.3 is 9.32 Å². The van der Waals surface area contributed by atoms with Crippen LogP contribution in [0.1, 0.15) is 25.5 Å². The summed E-state index contributed by atoms with van der Waals surface area (Å²) in [5.74, 6) is 0.765. The normalized spacial score (nSPS) is 23.5. The molecule has 1 aliphatic rings. The van der Waals surface area contributed by atoms with Crippen molar-refractivity contribution in [2.45, 2.75) is 26.7 Å². The highest BCUT2D eigenvalue weighted by atomic mass is 16.4. The van der Waals surface area contributed by atoms with Crippen molar-refractivity contribution in [1.82, 2.24) is 4.98 Å². The first-order chi connectivity index (χ1) is 6.25. The van der Waals surface area contributed by atoms with Gasteiger partial charge in [-0.2, -0.15) is 4.98 Å². The van der Waals surface area contributed by atoms with Crippen LogP contribution in [-0.2, 0) is 0 Å². The van der Waals surface area contributed by atoms with Gasteiger partial charge in [-0.3, -0.25) is 0 Å². The molecule has 1 atom stereocenters. The van der Waals surface area contributed by atoms with E-state index in [1.165, 1.54) is 12.8 Å². The minimum atomic E-state index is 0.765. The first-order valence-electron chi connectivity index (χ1n) is 4.93. The van der Waals surface area contributed by atoms with E-state index < -0.39 is 0 Å². The zero-order valence-electron chi connectivity index (χ0n) is 8.29. The lowest BCUT2D eigenvalue weighted by Crippen LogP contribution is -2.34. The predicted molar refractivity (Wildman–Crippen MR) is 51.9 cm³/mol. The van der Waals surface area contributed by atoms with Crippen LogP contribution < -0.4 is 4.90 Å². The molecule has 0 amide bonds. The molecule has 0 spiro atoms. The average molecular weight is 180 g/mol. The van der Waals surface area contributed by atoms with Gasteiger partial charge in [0.1, 0.15) is 6.26 Å². The van der Waals surface area contributed by atoms with Crippen LogP contribution in [0.3, 0.4) is 0 Å². The highest BCUT2D eigenvalue weighted by Gasteiger charge is 2.19. The van der Waals surface area contributed by atoms with Gasteiger partial charge in [0, 0.05) is 13.1 Å². The third kappa shape index (κ3) is 1.85. The van der Waals surface area contributed by atoms with E-state index in [0.717, 1.165) is 30.7 Å². The van der Waals surface area contributed by atoms with Crippen LogP contribution in [0.25, 0.3) is 0 Å². The smallest absolute Gasteiger partial charge is 0.297 e. The number of aryl methyl sites for hydroxylation is 1. The predicted octanol–water partition coefficient (Wildman–Crippen LogP) is 2.22. The van der Waals surface area contributed by atoms with Crippen LogP contribution >= 0.6 is 0 Å². The van der Waals surface area contributed by atoms with Crippen LogP contribution in [-0.4, -0.2) is 18.1 Å². The Balaban J connectivity index is 2.08. The van der Waals surface area contributed by atoms with E-state index in [1.807, 2.05) is 6.92 Å². The van der Waals surface area contributed by atoms with Crippen molar-refractivity contribution in [3.63, 3.8) is 0 Å². The number of piperidine rings is 1. The molecule has 0 radical (unpaired) electrons. The Bertz CT molecular complexity index is 282. The van der Waals surface area contributed by atoms with E-state index in [4.69, 9.17) is 4.42 Å². The number of rotatable bonds is 1. The number of aromatic nitrogens is 1. The van der Waals surface area contributed by atoms with Gasteiger partial charge in [-0.1, -0.05) is 6.92 Å². The topological polar surface area (TPSA) is 29.3 Å². The van der Waals surface area contributed by atoms with E-state index >= 15 is 0 Å². The largest absolute Gasteiger partial charge is 0.432 e. The van der Waals surface area contributed by atoms with Gasteiger partial charge in [0.05, 0.1) is 5.69 Å². The van der Waals surface area contributed by atoms with E-state index in [-0.39, 0.29) is 0 Å². The van der Waals surface area contributed by atoms with Crippen molar-refractivity contribution < 1.29 is 4.42 Å². The number of anilines is 1. The summed E-state index contributed by atoms with van der Waals surface area (Å²) in [6.45, 7) is 6.41. The molecule has 72 valence electrons. The van der Waals surface area contributed by atoms with Gasteiger partial charge >= 0.3 is 0 Å². The average Bonchev–Trinajstić information content (AvgIpc) is 2.52. The molecule has 0 N–H and O–H groups in total. The fourth-order valence-corrected chi connectivity index (χ4v) is 1.85. The molecule has 13 heavy (non-hydrogen) atoms. The minimum absolute atomic E-state index is 0.765. The van der Waals surface area contributed by atoms with Gasteiger partial charge in [0.15, 0.2) is 0 Å². The summed E-state index contributed by atoms with van der Waals surface area (Å²) < 4.78 is 5.37. The van der Waals surface area contributed by atoms with Crippen LogP contribution in [0.4, 0.5) is 6.01 Å². The lowest BCUT2D eigenvalue weighted by Gasteiger charge is -2.29. The summed E-state index contributed by atoms with van der Waals surface area (Å²) >= 11 is 0. The van der Waals surface area contributed by atoms with E-state index in [0.29, 0.717) is 0 Å². The highest BCUT2D eigenvalue weighted by Crippen LogP contribution is 2.21. The van der Waals surface area contributed by atoms with Crippen molar-refractivity contribution in [2.24, 2.45) is 5.92 Å². The van der Waals surface area contributed by atoms with Crippen LogP contribution in [0, 0.1) is 12.8 Å². The molecule has 0 saturated carbocycles. The summed E-state index contributed by atoms with van der Waals surface area (Å²) in [7, 11) is 0. The first kappa shape index (κ1) is 8.60. The Hall–Kier alpha value is -0.990. The van der Waals surface area contributed by atoms with Crippen molar-refractivity contribution >= 4 is 6.01 Å². The second kappa shape index (κ2) is 3.40. The summed E-state index contributed by atoms with van der Waals surface area (Å²) in [6, 6.07) is 0.795. The maximum absolute atomic E-state index is 5.37. The van der Waals surface area contributed by atoms with Crippen LogP contribution in [0.2, 0.25) is 0 Å². The van der Waals surface area contributed by atoms with Crippen LogP contribution in [0.5, 0.6) is 0 Å². The SMILES string of the molecule is Cc1coc(N2CCC[C@H](C)C2)n1. The van der Waals surface area contributed by atoms with E-state index in [1.54, 1.807) is 6.26 Å². The van der Waals surface area contributed by atoms with Gasteiger partial charge in [-0.25, -0.2) is 0 Å². The zero-order chi connectivity index (χ0) is 9.26. The van der Waals surface area contributed by atoms with Gasteiger partial charge in [-0.15, -0.1) is 0 Å². The van der Waals surface area contributed by atoms with Gasteiger partial charge in [0.25, 0.3) is 6.01 Å². The van der Waals surface area contributed by atoms with Crippen LogP contribution in [0.15, 0.2) is 10.7 Å². The Labute approximate surface area is 78.8 Å². The second-order valence-corrected chi connectivity index (χ2v) is 3.96. The number of hydrogen-bond donors (Lipinski definition) is 0. The number of oxazole rings is 1. The molecule has 0 aromatic carbocycles. The fourth-order valence-electron chi connectivity index (χ4n) is 1.85. The lowest BCUT2D eigenvalue weighted by molar-refractivity contribution is 0.416. The van der Waals surface area contributed by atoms with E-state index in [9.17, 15) is 0 Å². The monoisotopic (exact) mass is 180 g/mol. The molecule has 1 fully saturated rings. The number of nitrogens with zero attached hydrogens (tertiary/aromatic N) is 2. The van der Waals surface area contributed by atoms with Gasteiger partial charge in [-0.05, 0) is 25.7 Å². The standard InChI is InChI=1S/C10H16N2O/c1-8-4-3-5-12(6-8)10-11-9(2)7-13-10/h7-8H,3-6H2,1-2H3/t8-/m0/s1. The Kier molecular flexibility index (Phi) is 2.25. The third-order valence-electron chi connectivity index (χ3n) is 2.53. The van der Waals surface area contributed by atoms with Crippen molar-refractivity contribution in [3.05, 3.63) is 12.0 Å². The van der Waals surface area contributed by atoms with Crippen molar-refractivity contribution in [1.29, 1.82) is 0 Å². The zero-order valence-corrected chi connectivity index (χ0v) is 8.29. The molecular weight excluding hydrogens is 164 g/mol. The summed E-state index contributed by atoms with van der Waals surface area (Å²) in [5, 5.41) is 0. The third-order valence-corrected chi connectivity index (χ3v) is 2.53. The molecule has 0 aliphatic carbocycles. The van der Waals surface area contributed by atoms with Crippen molar-refractivity contribution in [2.75, 3.05) is 18.0 Å². The van der Waals surface area contributed by atoms with Gasteiger partial charge in [0.2, 0.25) is 0 Å². The molecule has 2 rings (SSSR count). The second-order valence-electron chi connectivity index (χ2n) is 3.96. The molecule has 3 heteroatoms. The maximum atomic E-state index is 5.37. The summed E-state index contributed by atoms with van der Waals surface area (Å²) in [4.78, 5) is 6.57. The molecule has 2 heterocycles. The number of hydrogen-bond acceptors (Lipinski definition) is 3. The quantitative estimate of drug-likeness (QED) is 0.663. The Morgan fingerprint density at radius 1 is 1.62 bits per heavy atom. The molecule has 1 aromatic heterocycles. The Morgan fingerprint density at radius 2 is 2.46 bits per heavy atom. The maximum Gasteiger partial charge on any atom is 0.297 e. The first-order valence-corrected chi connectivity index (χ1v) is 4.93. The molecule has 3 nitrogen and oxygen atoms in total. The summed E-state index contributed by atoms with van der Waals surface area (Å²) in [5.41, 5.74) is 0.966. The van der Waals surface area contributed by atoms with E-state index in [2.05, 4.69) is 16.8 Å².